The zero-order valence-electron chi connectivity index (χ0n) is 11.3. The molecule has 2 aromatic rings. The molecule has 1 aliphatic heterocycles. The molecule has 6 heteroatoms. The molecule has 0 unspecified atom stereocenters. The van der Waals surface area contributed by atoms with E-state index in [0.717, 1.165) is 29.5 Å². The average Bonchev–Trinajstić information content (AvgIpc) is 2.46. The third-order valence-corrected chi connectivity index (χ3v) is 5.28. The summed E-state index contributed by atoms with van der Waals surface area (Å²) in [4.78, 5) is 0.274. The second-order valence-corrected chi connectivity index (χ2v) is 7.56. The molecule has 0 radical (unpaired) electrons. The van der Waals surface area contributed by atoms with E-state index in [-0.39, 0.29) is 4.90 Å². The van der Waals surface area contributed by atoms with Crippen molar-refractivity contribution < 1.29 is 8.42 Å². The first kappa shape index (κ1) is 14.4. The molecule has 0 aliphatic carbocycles. The maximum atomic E-state index is 12.4. The fourth-order valence-corrected chi connectivity index (χ4v) is 3.85. The molecule has 0 atom stereocenters. The summed E-state index contributed by atoms with van der Waals surface area (Å²) in [5.74, 6) is 0. The number of fused-ring (bicyclic) bond motifs is 1. The van der Waals surface area contributed by atoms with Gasteiger partial charge in [0.25, 0.3) is 10.0 Å². The number of halogens is 1. The van der Waals surface area contributed by atoms with E-state index in [0.29, 0.717) is 5.69 Å². The highest BCUT2D eigenvalue weighted by atomic mass is 79.9. The molecule has 0 fully saturated rings. The minimum Gasteiger partial charge on any atom is -0.385 e. The Hall–Kier alpha value is -1.53. The molecule has 110 valence electrons. The van der Waals surface area contributed by atoms with Gasteiger partial charge in [0.1, 0.15) is 0 Å². The van der Waals surface area contributed by atoms with Gasteiger partial charge in [-0.15, -0.1) is 0 Å². The van der Waals surface area contributed by atoms with Crippen LogP contribution in [-0.2, 0) is 16.4 Å². The molecule has 21 heavy (non-hydrogen) atoms. The van der Waals surface area contributed by atoms with Crippen LogP contribution < -0.4 is 10.0 Å². The molecule has 0 saturated heterocycles. The summed E-state index contributed by atoms with van der Waals surface area (Å²) in [7, 11) is -3.57. The lowest BCUT2D eigenvalue weighted by Crippen LogP contribution is -2.16. The lowest BCUT2D eigenvalue weighted by molar-refractivity contribution is 0.601. The van der Waals surface area contributed by atoms with Crippen LogP contribution in [0.2, 0.25) is 0 Å². The van der Waals surface area contributed by atoms with Crippen molar-refractivity contribution in [2.75, 3.05) is 16.6 Å². The molecule has 0 bridgehead atoms. The van der Waals surface area contributed by atoms with Gasteiger partial charge in [0.05, 0.1) is 4.90 Å². The predicted molar refractivity (Wildman–Crippen MR) is 88.2 cm³/mol. The highest BCUT2D eigenvalue weighted by molar-refractivity contribution is 9.10. The Morgan fingerprint density at radius 2 is 2.00 bits per heavy atom. The fourth-order valence-electron chi connectivity index (χ4n) is 2.37. The molecular weight excluding hydrogens is 352 g/mol. The smallest absolute Gasteiger partial charge is 0.261 e. The zero-order valence-corrected chi connectivity index (χ0v) is 13.7. The zero-order chi connectivity index (χ0) is 14.9. The van der Waals surface area contributed by atoms with E-state index in [9.17, 15) is 8.42 Å². The molecule has 0 amide bonds. The van der Waals surface area contributed by atoms with Gasteiger partial charge in [-0.05, 0) is 48.7 Å². The van der Waals surface area contributed by atoms with Crippen molar-refractivity contribution in [3.63, 3.8) is 0 Å². The van der Waals surface area contributed by atoms with Crippen LogP contribution in [0.25, 0.3) is 0 Å². The molecule has 2 N–H and O–H groups in total. The van der Waals surface area contributed by atoms with Crippen molar-refractivity contribution in [3.05, 3.63) is 52.5 Å². The van der Waals surface area contributed by atoms with Gasteiger partial charge in [0.15, 0.2) is 0 Å². The Labute approximate surface area is 132 Å². The van der Waals surface area contributed by atoms with Gasteiger partial charge in [-0.3, -0.25) is 4.72 Å². The van der Waals surface area contributed by atoms with Crippen molar-refractivity contribution in [3.8, 4) is 0 Å². The van der Waals surface area contributed by atoms with Crippen molar-refractivity contribution in [2.45, 2.75) is 17.7 Å². The van der Waals surface area contributed by atoms with Gasteiger partial charge in [0, 0.05) is 22.4 Å². The summed E-state index contributed by atoms with van der Waals surface area (Å²) in [6.45, 7) is 0.884. The Morgan fingerprint density at radius 3 is 2.81 bits per heavy atom. The second kappa shape index (κ2) is 5.69. The predicted octanol–water partition coefficient (Wildman–Crippen LogP) is 3.61. The van der Waals surface area contributed by atoms with Crippen LogP contribution in [0.15, 0.2) is 51.8 Å². The molecule has 1 aliphatic rings. The maximum Gasteiger partial charge on any atom is 0.261 e. The summed E-state index contributed by atoms with van der Waals surface area (Å²) in [5.41, 5.74) is 2.62. The van der Waals surface area contributed by atoms with Crippen molar-refractivity contribution in [1.82, 2.24) is 0 Å². The molecule has 3 rings (SSSR count). The summed E-state index contributed by atoms with van der Waals surface area (Å²) in [6, 6.07) is 12.3. The Morgan fingerprint density at radius 1 is 1.14 bits per heavy atom. The van der Waals surface area contributed by atoms with E-state index in [4.69, 9.17) is 0 Å². The lowest BCUT2D eigenvalue weighted by Gasteiger charge is -2.19. The van der Waals surface area contributed by atoms with E-state index in [2.05, 4.69) is 26.0 Å². The monoisotopic (exact) mass is 366 g/mol. The second-order valence-electron chi connectivity index (χ2n) is 4.97. The summed E-state index contributed by atoms with van der Waals surface area (Å²) in [5, 5.41) is 3.25. The van der Waals surface area contributed by atoms with Gasteiger partial charge in [-0.25, -0.2) is 8.42 Å². The number of hydrogen-bond acceptors (Lipinski definition) is 3. The van der Waals surface area contributed by atoms with Crippen LogP contribution in [0, 0.1) is 0 Å². The Balaban J connectivity index is 1.91. The minimum atomic E-state index is -3.57. The number of nitrogens with one attached hydrogen (secondary N) is 2. The Kier molecular flexibility index (Phi) is 3.91. The van der Waals surface area contributed by atoms with Crippen molar-refractivity contribution >= 4 is 37.3 Å². The van der Waals surface area contributed by atoms with Crippen LogP contribution in [0.5, 0.6) is 0 Å². The first-order valence-electron chi connectivity index (χ1n) is 6.70. The molecular formula is C15H15BrN2O2S. The number of sulfonamides is 1. The van der Waals surface area contributed by atoms with Gasteiger partial charge in [-0.1, -0.05) is 28.1 Å². The fraction of sp³-hybridized carbons (Fsp3) is 0.200. The first-order valence-corrected chi connectivity index (χ1v) is 8.97. The Bertz CT molecular complexity index is 775. The molecule has 2 aromatic carbocycles. The summed E-state index contributed by atoms with van der Waals surface area (Å²) >= 11 is 3.33. The van der Waals surface area contributed by atoms with Crippen LogP contribution in [0.3, 0.4) is 0 Å². The SMILES string of the molecule is O=S(=O)(Nc1cccc(Br)c1)c1ccc2c(c1)NCCC2. The minimum absolute atomic E-state index is 0.274. The van der Waals surface area contributed by atoms with E-state index in [1.807, 2.05) is 12.1 Å². The number of hydrogen-bond donors (Lipinski definition) is 2. The standard InChI is InChI=1S/C15H15BrN2O2S/c16-12-4-1-5-13(9-12)18-21(19,20)14-7-6-11-3-2-8-17-15(11)10-14/h1,4-7,9-10,17-18H,2-3,8H2. The maximum absolute atomic E-state index is 12.4. The van der Waals surface area contributed by atoms with E-state index >= 15 is 0 Å². The molecule has 0 saturated carbocycles. The lowest BCUT2D eigenvalue weighted by atomic mass is 10.0. The number of aryl methyl sites for hydroxylation is 1. The third kappa shape index (κ3) is 3.22. The normalized spacial score (nSPS) is 14.1. The van der Waals surface area contributed by atoms with E-state index < -0.39 is 10.0 Å². The van der Waals surface area contributed by atoms with Crippen molar-refractivity contribution in [1.29, 1.82) is 0 Å². The average molecular weight is 367 g/mol. The van der Waals surface area contributed by atoms with Gasteiger partial charge >= 0.3 is 0 Å². The molecule has 0 spiro atoms. The van der Waals surface area contributed by atoms with Gasteiger partial charge < -0.3 is 5.32 Å². The van der Waals surface area contributed by atoms with E-state index in [1.54, 1.807) is 30.3 Å². The van der Waals surface area contributed by atoms with E-state index in [1.165, 1.54) is 5.56 Å². The third-order valence-electron chi connectivity index (χ3n) is 3.41. The summed E-state index contributed by atoms with van der Waals surface area (Å²) < 4.78 is 28.3. The number of anilines is 2. The summed E-state index contributed by atoms with van der Waals surface area (Å²) in [6.07, 6.45) is 2.07. The number of rotatable bonds is 3. The topological polar surface area (TPSA) is 58.2 Å². The largest absolute Gasteiger partial charge is 0.385 e. The van der Waals surface area contributed by atoms with Crippen LogP contribution in [0.4, 0.5) is 11.4 Å². The highest BCUT2D eigenvalue weighted by Gasteiger charge is 2.17. The first-order chi connectivity index (χ1) is 10.0. The quantitative estimate of drug-likeness (QED) is 0.872. The number of benzene rings is 2. The van der Waals surface area contributed by atoms with Crippen LogP contribution in [-0.4, -0.2) is 15.0 Å². The molecule has 4 nitrogen and oxygen atoms in total. The molecule has 0 aromatic heterocycles. The van der Waals surface area contributed by atoms with Gasteiger partial charge in [0.2, 0.25) is 0 Å². The van der Waals surface area contributed by atoms with Crippen LogP contribution >= 0.6 is 15.9 Å². The van der Waals surface area contributed by atoms with Crippen molar-refractivity contribution in [2.24, 2.45) is 0 Å². The highest BCUT2D eigenvalue weighted by Crippen LogP contribution is 2.26. The van der Waals surface area contributed by atoms with Gasteiger partial charge in [-0.2, -0.15) is 0 Å². The van der Waals surface area contributed by atoms with Crippen LogP contribution in [0.1, 0.15) is 12.0 Å². The molecule has 1 heterocycles.